The van der Waals surface area contributed by atoms with Crippen LogP contribution >= 0.6 is 24.8 Å². The molecule has 0 unspecified atom stereocenters. The predicted octanol–water partition coefficient (Wildman–Crippen LogP) is 4.28. The Labute approximate surface area is 251 Å². The Kier molecular flexibility index (Phi) is 14.1. The molecule has 41 heavy (non-hydrogen) atoms. The molecule has 2 saturated heterocycles. The number of carbonyl (C=O) groups excluding carboxylic acids is 1. The highest BCUT2D eigenvalue weighted by Gasteiger charge is 2.26. The SMILES string of the molecule is C.C.CCOC(=O)N1CCC(n2c(=O)[nH]c3ncccc32)CC1.Cl.Cl.O=c1[nH]c2ncccc2n1C1CCNCC1. The maximum absolute atomic E-state index is 12.1. The lowest BCUT2D eigenvalue weighted by Crippen LogP contribution is -2.40. The van der Waals surface area contributed by atoms with Gasteiger partial charge in [-0.05, 0) is 70.0 Å². The summed E-state index contributed by atoms with van der Waals surface area (Å²) in [5, 5.41) is 3.30. The van der Waals surface area contributed by atoms with E-state index in [4.69, 9.17) is 4.74 Å². The summed E-state index contributed by atoms with van der Waals surface area (Å²) in [5.74, 6) is 0. The number of hydrogen-bond acceptors (Lipinski definition) is 7. The molecule has 6 rings (SSSR count). The number of fused-ring (bicyclic) bond motifs is 2. The number of imidazole rings is 2. The summed E-state index contributed by atoms with van der Waals surface area (Å²) in [4.78, 5) is 51.3. The highest BCUT2D eigenvalue weighted by molar-refractivity contribution is 5.85. The number of nitrogens with one attached hydrogen (secondary N) is 3. The van der Waals surface area contributed by atoms with Gasteiger partial charge in [0.1, 0.15) is 0 Å². The Morgan fingerprint density at radius 3 is 1.78 bits per heavy atom. The molecule has 12 nitrogen and oxygen atoms in total. The molecule has 6 heterocycles. The minimum Gasteiger partial charge on any atom is -0.450 e. The van der Waals surface area contributed by atoms with Crippen LogP contribution in [-0.4, -0.2) is 72.8 Å². The van der Waals surface area contributed by atoms with Gasteiger partial charge in [-0.1, -0.05) is 14.9 Å². The van der Waals surface area contributed by atoms with Crippen molar-refractivity contribution in [1.29, 1.82) is 0 Å². The first-order valence-electron chi connectivity index (χ1n) is 12.8. The second kappa shape index (κ2) is 16.2. The zero-order valence-electron chi connectivity index (χ0n) is 21.7. The summed E-state index contributed by atoms with van der Waals surface area (Å²) in [6.07, 6.45) is 6.56. The van der Waals surface area contributed by atoms with Crippen molar-refractivity contribution in [2.24, 2.45) is 0 Å². The van der Waals surface area contributed by atoms with Crippen LogP contribution in [0, 0.1) is 0 Å². The molecule has 0 saturated carbocycles. The second-order valence-corrected chi connectivity index (χ2v) is 9.24. The minimum absolute atomic E-state index is 0. The van der Waals surface area contributed by atoms with E-state index in [1.807, 2.05) is 28.8 Å². The summed E-state index contributed by atoms with van der Waals surface area (Å²) in [6, 6.07) is 7.90. The van der Waals surface area contributed by atoms with Gasteiger partial charge in [0, 0.05) is 37.6 Å². The number of halogens is 2. The number of piperidine rings is 2. The molecule has 1 amide bonds. The molecule has 0 spiro atoms. The van der Waals surface area contributed by atoms with Crippen LogP contribution in [0.4, 0.5) is 4.79 Å². The molecule has 14 heteroatoms. The predicted molar refractivity (Wildman–Crippen MR) is 167 cm³/mol. The van der Waals surface area contributed by atoms with Gasteiger partial charge in [-0.3, -0.25) is 19.1 Å². The number of ether oxygens (including phenoxy) is 1. The molecule has 228 valence electrons. The zero-order valence-corrected chi connectivity index (χ0v) is 23.3. The van der Waals surface area contributed by atoms with Crippen LogP contribution in [-0.2, 0) is 4.74 Å². The fourth-order valence-corrected chi connectivity index (χ4v) is 5.23. The standard InChI is InChI=1S/C14H18N4O3.C11H14N4O.2CH4.2ClH/c1-2-21-14(20)17-8-5-10(6-9-17)18-11-4-3-7-15-12(11)16-13(18)19;16-11-14-10-9(2-1-5-13-10)15(11)8-3-6-12-7-4-8;;;;/h3-4,7,10H,2,5-6,8-9H2,1H3,(H,15,16,19);1-2,5,8,12H,3-4,6-7H2,(H,13,14,16);2*1H4;2*1H. The molecule has 2 aliphatic heterocycles. The van der Waals surface area contributed by atoms with Gasteiger partial charge < -0.3 is 15.0 Å². The number of aromatic amines is 2. The number of likely N-dealkylation sites (tertiary alicyclic amines) is 1. The largest absolute Gasteiger partial charge is 0.450 e. The van der Waals surface area contributed by atoms with E-state index in [2.05, 4.69) is 25.3 Å². The number of nitrogens with zero attached hydrogens (tertiary/aromatic N) is 5. The zero-order chi connectivity index (χ0) is 25.8. The van der Waals surface area contributed by atoms with E-state index in [0.717, 1.165) is 49.8 Å². The Balaban J connectivity index is 0.000000383. The molecule has 0 atom stereocenters. The highest BCUT2D eigenvalue weighted by Crippen LogP contribution is 2.24. The monoisotopic (exact) mass is 612 g/mol. The maximum atomic E-state index is 12.1. The first kappa shape index (κ1) is 35.7. The average Bonchev–Trinajstić information content (AvgIpc) is 3.44. The van der Waals surface area contributed by atoms with Crippen molar-refractivity contribution in [2.75, 3.05) is 32.8 Å². The van der Waals surface area contributed by atoms with Crippen molar-refractivity contribution in [3.63, 3.8) is 0 Å². The van der Waals surface area contributed by atoms with Gasteiger partial charge in [0.05, 0.1) is 17.6 Å². The third-order valence-corrected chi connectivity index (χ3v) is 7.01. The van der Waals surface area contributed by atoms with E-state index in [1.54, 1.807) is 28.8 Å². The molecule has 0 radical (unpaired) electrons. The summed E-state index contributed by atoms with van der Waals surface area (Å²) in [5.41, 5.74) is 2.84. The van der Waals surface area contributed by atoms with Crippen LogP contribution in [0.5, 0.6) is 0 Å². The van der Waals surface area contributed by atoms with Crippen molar-refractivity contribution in [3.05, 3.63) is 57.6 Å². The molecule has 0 aromatic carbocycles. The molecule has 0 aliphatic carbocycles. The summed E-state index contributed by atoms with van der Waals surface area (Å²) in [6.45, 7) is 5.33. The van der Waals surface area contributed by atoms with Gasteiger partial charge in [-0.15, -0.1) is 24.8 Å². The smallest absolute Gasteiger partial charge is 0.409 e. The van der Waals surface area contributed by atoms with Gasteiger partial charge >= 0.3 is 17.5 Å². The number of rotatable bonds is 3. The quantitative estimate of drug-likeness (QED) is 0.313. The highest BCUT2D eigenvalue weighted by atomic mass is 35.5. The van der Waals surface area contributed by atoms with Gasteiger partial charge in [0.2, 0.25) is 0 Å². The summed E-state index contributed by atoms with van der Waals surface area (Å²) < 4.78 is 8.61. The molecular formula is C27H42Cl2N8O4. The molecule has 4 aromatic heterocycles. The van der Waals surface area contributed by atoms with Crippen molar-refractivity contribution in [2.45, 2.75) is 59.5 Å². The fraction of sp³-hybridized carbons (Fsp3) is 0.519. The average molecular weight is 614 g/mol. The minimum atomic E-state index is -0.274. The van der Waals surface area contributed by atoms with Gasteiger partial charge in [-0.2, -0.15) is 0 Å². The maximum Gasteiger partial charge on any atom is 0.409 e. The topological polar surface area (TPSA) is 143 Å². The van der Waals surface area contributed by atoms with Crippen molar-refractivity contribution in [3.8, 4) is 0 Å². The van der Waals surface area contributed by atoms with Crippen LogP contribution in [0.2, 0.25) is 0 Å². The number of amides is 1. The second-order valence-electron chi connectivity index (χ2n) is 9.24. The number of hydrogen-bond donors (Lipinski definition) is 3. The third kappa shape index (κ3) is 7.69. The lowest BCUT2D eigenvalue weighted by Gasteiger charge is -2.31. The van der Waals surface area contributed by atoms with E-state index in [1.165, 1.54) is 0 Å². The van der Waals surface area contributed by atoms with E-state index in [9.17, 15) is 14.4 Å². The fourth-order valence-electron chi connectivity index (χ4n) is 5.23. The Bertz CT molecular complexity index is 1480. The van der Waals surface area contributed by atoms with Crippen molar-refractivity contribution >= 4 is 53.2 Å². The molecule has 3 N–H and O–H groups in total. The van der Waals surface area contributed by atoms with Crippen LogP contribution in [0.25, 0.3) is 22.3 Å². The molecule has 2 aliphatic rings. The van der Waals surface area contributed by atoms with Crippen LogP contribution in [0.1, 0.15) is 59.5 Å². The van der Waals surface area contributed by atoms with Crippen molar-refractivity contribution < 1.29 is 9.53 Å². The van der Waals surface area contributed by atoms with Crippen LogP contribution in [0.15, 0.2) is 46.2 Å². The van der Waals surface area contributed by atoms with E-state index in [-0.39, 0.29) is 63.2 Å². The Morgan fingerprint density at radius 2 is 1.32 bits per heavy atom. The third-order valence-electron chi connectivity index (χ3n) is 7.01. The molecule has 4 aromatic rings. The lowest BCUT2D eigenvalue weighted by molar-refractivity contribution is 0.0928. The van der Waals surface area contributed by atoms with Gasteiger partial charge in [0.15, 0.2) is 11.3 Å². The van der Waals surface area contributed by atoms with Gasteiger partial charge in [0.25, 0.3) is 0 Å². The number of carbonyl (C=O) groups is 1. The first-order valence-corrected chi connectivity index (χ1v) is 12.8. The number of pyridine rings is 2. The first-order chi connectivity index (χ1) is 18.1. The lowest BCUT2D eigenvalue weighted by atomic mass is 10.1. The Morgan fingerprint density at radius 1 is 0.854 bits per heavy atom. The normalized spacial score (nSPS) is 15.4. The summed E-state index contributed by atoms with van der Waals surface area (Å²) >= 11 is 0. The Hall–Kier alpha value is -3.35. The van der Waals surface area contributed by atoms with E-state index in [0.29, 0.717) is 37.0 Å². The number of H-pyrrole nitrogens is 2. The van der Waals surface area contributed by atoms with Crippen LogP contribution < -0.4 is 16.7 Å². The van der Waals surface area contributed by atoms with Crippen LogP contribution in [0.3, 0.4) is 0 Å². The molecule has 0 bridgehead atoms. The van der Waals surface area contributed by atoms with E-state index < -0.39 is 0 Å². The molecular weight excluding hydrogens is 571 g/mol. The van der Waals surface area contributed by atoms with E-state index >= 15 is 0 Å². The number of aromatic nitrogens is 6. The molecule has 2 fully saturated rings. The summed E-state index contributed by atoms with van der Waals surface area (Å²) in [7, 11) is 0. The van der Waals surface area contributed by atoms with Crippen molar-refractivity contribution in [1.82, 2.24) is 39.3 Å². The van der Waals surface area contributed by atoms with Gasteiger partial charge in [-0.25, -0.2) is 24.4 Å².